The van der Waals surface area contributed by atoms with Gasteiger partial charge in [-0.05, 0) is 29.8 Å². The van der Waals surface area contributed by atoms with E-state index < -0.39 is 4.92 Å². The number of hydrogen-bond acceptors (Lipinski definition) is 3. The van der Waals surface area contributed by atoms with Crippen molar-refractivity contribution in [1.82, 2.24) is 0 Å². The molecule has 2 aromatic rings. The maximum atomic E-state index is 12.8. The topological polar surface area (TPSA) is 69.2 Å². The number of halogens is 1. The van der Waals surface area contributed by atoms with Crippen LogP contribution < -0.4 is 5.73 Å². The number of hydrogen-bond donors (Lipinski definition) is 1. The Morgan fingerprint density at radius 3 is 2.35 bits per heavy atom. The normalized spacial score (nSPS) is 10.2. The zero-order valence-electron chi connectivity index (χ0n) is 8.76. The summed E-state index contributed by atoms with van der Waals surface area (Å²) in [6.07, 6.45) is 0. The Kier molecular flexibility index (Phi) is 2.74. The first-order valence-electron chi connectivity index (χ1n) is 4.88. The Bertz CT molecular complexity index is 567. The molecule has 0 saturated heterocycles. The predicted molar refractivity (Wildman–Crippen MR) is 62.9 cm³/mol. The fraction of sp³-hybridized carbons (Fsp3) is 0. The number of nitrogens with zero attached hydrogens (tertiary/aromatic N) is 1. The molecule has 0 unspecified atom stereocenters. The van der Waals surface area contributed by atoms with Crippen LogP contribution in [0.5, 0.6) is 0 Å². The molecule has 2 N–H and O–H groups in total. The van der Waals surface area contributed by atoms with E-state index in [1.54, 1.807) is 12.1 Å². The lowest BCUT2D eigenvalue weighted by Gasteiger charge is -2.05. The van der Waals surface area contributed by atoms with Crippen molar-refractivity contribution in [2.75, 3.05) is 5.73 Å². The minimum Gasteiger partial charge on any atom is -0.393 e. The molecule has 17 heavy (non-hydrogen) atoms. The van der Waals surface area contributed by atoms with Gasteiger partial charge in [0.2, 0.25) is 0 Å². The van der Waals surface area contributed by atoms with Gasteiger partial charge in [-0.2, -0.15) is 0 Å². The fourth-order valence-corrected chi connectivity index (χ4v) is 1.63. The van der Waals surface area contributed by atoms with Crippen LogP contribution in [0.25, 0.3) is 11.1 Å². The van der Waals surface area contributed by atoms with E-state index in [2.05, 4.69) is 0 Å². The Morgan fingerprint density at radius 1 is 1.12 bits per heavy atom. The Labute approximate surface area is 96.6 Å². The van der Waals surface area contributed by atoms with Crippen LogP contribution in [0.4, 0.5) is 15.8 Å². The second kappa shape index (κ2) is 4.21. The molecule has 0 spiro atoms. The number of nitrogen functional groups attached to an aromatic ring is 1. The largest absolute Gasteiger partial charge is 0.393 e. The highest BCUT2D eigenvalue weighted by Gasteiger charge is 2.18. The number of nitro groups is 1. The van der Waals surface area contributed by atoms with Crippen molar-refractivity contribution in [2.24, 2.45) is 0 Å². The van der Waals surface area contributed by atoms with Crippen LogP contribution in [0.15, 0.2) is 42.5 Å². The van der Waals surface area contributed by atoms with Gasteiger partial charge in [0.15, 0.2) is 0 Å². The first-order chi connectivity index (χ1) is 8.09. The molecule has 2 rings (SSSR count). The van der Waals surface area contributed by atoms with Crippen molar-refractivity contribution in [3.8, 4) is 11.1 Å². The van der Waals surface area contributed by atoms with Gasteiger partial charge in [-0.25, -0.2) is 4.39 Å². The van der Waals surface area contributed by atoms with Crippen LogP contribution >= 0.6 is 0 Å². The summed E-state index contributed by atoms with van der Waals surface area (Å²) >= 11 is 0. The third-order valence-electron chi connectivity index (χ3n) is 2.41. The molecule has 0 amide bonds. The lowest BCUT2D eigenvalue weighted by Crippen LogP contribution is -1.97. The van der Waals surface area contributed by atoms with E-state index in [9.17, 15) is 14.5 Å². The van der Waals surface area contributed by atoms with Crippen molar-refractivity contribution in [1.29, 1.82) is 0 Å². The average Bonchev–Trinajstić information content (AvgIpc) is 2.29. The van der Waals surface area contributed by atoms with Gasteiger partial charge in [-0.3, -0.25) is 10.1 Å². The summed E-state index contributed by atoms with van der Waals surface area (Å²) in [7, 11) is 0. The maximum Gasteiger partial charge on any atom is 0.299 e. The molecular formula is C12H9FN2O2. The van der Waals surface area contributed by atoms with Gasteiger partial charge in [0, 0.05) is 0 Å². The van der Waals surface area contributed by atoms with E-state index >= 15 is 0 Å². The van der Waals surface area contributed by atoms with Crippen LogP contribution in [-0.4, -0.2) is 4.92 Å². The van der Waals surface area contributed by atoms with Gasteiger partial charge in [-0.15, -0.1) is 0 Å². The van der Waals surface area contributed by atoms with Crippen LogP contribution in [0.2, 0.25) is 0 Å². The van der Waals surface area contributed by atoms with Crippen LogP contribution in [0.1, 0.15) is 0 Å². The summed E-state index contributed by atoms with van der Waals surface area (Å²) in [4.78, 5) is 10.4. The highest BCUT2D eigenvalue weighted by molar-refractivity contribution is 5.80. The van der Waals surface area contributed by atoms with E-state index in [0.29, 0.717) is 11.1 Å². The van der Waals surface area contributed by atoms with E-state index in [0.717, 1.165) is 0 Å². The molecule has 0 heterocycles. The third kappa shape index (κ3) is 2.08. The number of para-hydroxylation sites is 1. The smallest absolute Gasteiger partial charge is 0.299 e. The number of nitrogens with two attached hydrogens (primary N) is 1. The molecule has 4 nitrogen and oxygen atoms in total. The second-order valence-electron chi connectivity index (χ2n) is 3.51. The number of anilines is 1. The zero-order chi connectivity index (χ0) is 12.4. The van der Waals surface area contributed by atoms with Gasteiger partial charge >= 0.3 is 0 Å². The monoisotopic (exact) mass is 232 g/mol. The number of nitro benzene ring substituents is 1. The molecule has 2 aromatic carbocycles. The van der Waals surface area contributed by atoms with Gasteiger partial charge in [0.25, 0.3) is 5.69 Å². The molecule has 0 aromatic heterocycles. The SMILES string of the molecule is Nc1cccc(-c2ccc(F)cc2)c1[N+](=O)[O-]. The van der Waals surface area contributed by atoms with Crippen molar-refractivity contribution in [3.63, 3.8) is 0 Å². The molecule has 86 valence electrons. The third-order valence-corrected chi connectivity index (χ3v) is 2.41. The summed E-state index contributed by atoms with van der Waals surface area (Å²) in [5.41, 5.74) is 6.46. The number of rotatable bonds is 2. The molecule has 0 atom stereocenters. The summed E-state index contributed by atoms with van der Waals surface area (Å²) in [5, 5.41) is 10.9. The zero-order valence-corrected chi connectivity index (χ0v) is 8.76. The van der Waals surface area contributed by atoms with E-state index in [1.807, 2.05) is 0 Å². The Morgan fingerprint density at radius 2 is 1.76 bits per heavy atom. The minimum absolute atomic E-state index is 0.0943. The fourth-order valence-electron chi connectivity index (χ4n) is 1.63. The van der Waals surface area contributed by atoms with Crippen molar-refractivity contribution in [2.45, 2.75) is 0 Å². The van der Waals surface area contributed by atoms with Crippen molar-refractivity contribution in [3.05, 3.63) is 58.4 Å². The summed E-state index contributed by atoms with van der Waals surface area (Å²) in [5.74, 6) is -0.389. The van der Waals surface area contributed by atoms with E-state index in [1.165, 1.54) is 30.3 Å². The summed E-state index contributed by atoms with van der Waals surface area (Å²) < 4.78 is 12.8. The van der Waals surface area contributed by atoms with Crippen LogP contribution in [0.3, 0.4) is 0 Å². The standard InChI is InChI=1S/C12H9FN2O2/c13-9-6-4-8(5-7-9)10-2-1-3-11(14)12(10)15(16)17/h1-7H,14H2. The molecule has 0 aliphatic heterocycles. The minimum atomic E-state index is -0.534. The molecule has 0 bridgehead atoms. The van der Waals surface area contributed by atoms with Crippen molar-refractivity contribution < 1.29 is 9.31 Å². The van der Waals surface area contributed by atoms with Gasteiger partial charge < -0.3 is 5.73 Å². The molecule has 0 radical (unpaired) electrons. The highest BCUT2D eigenvalue weighted by atomic mass is 19.1. The summed E-state index contributed by atoms with van der Waals surface area (Å²) in [6, 6.07) is 10.1. The molecule has 0 aliphatic rings. The first kappa shape index (κ1) is 11.1. The molecule has 0 saturated carbocycles. The lowest BCUT2D eigenvalue weighted by molar-refractivity contribution is -0.383. The second-order valence-corrected chi connectivity index (χ2v) is 3.51. The quantitative estimate of drug-likeness (QED) is 0.491. The van der Waals surface area contributed by atoms with Crippen LogP contribution in [0, 0.1) is 15.9 Å². The van der Waals surface area contributed by atoms with E-state index in [4.69, 9.17) is 5.73 Å². The Balaban J connectivity index is 2.63. The first-order valence-corrected chi connectivity index (χ1v) is 4.88. The van der Waals surface area contributed by atoms with Gasteiger partial charge in [-0.1, -0.05) is 18.2 Å². The maximum absolute atomic E-state index is 12.8. The lowest BCUT2D eigenvalue weighted by atomic mass is 10.0. The van der Waals surface area contributed by atoms with E-state index in [-0.39, 0.29) is 17.2 Å². The average molecular weight is 232 g/mol. The van der Waals surface area contributed by atoms with Gasteiger partial charge in [0.1, 0.15) is 11.5 Å². The molecule has 0 fully saturated rings. The molecule has 0 aliphatic carbocycles. The number of benzene rings is 2. The summed E-state index contributed by atoms with van der Waals surface area (Å²) in [6.45, 7) is 0. The molecule has 5 heteroatoms. The Hall–Kier alpha value is -2.43. The van der Waals surface area contributed by atoms with Gasteiger partial charge in [0.05, 0.1) is 10.5 Å². The van der Waals surface area contributed by atoms with Crippen molar-refractivity contribution >= 4 is 11.4 Å². The van der Waals surface area contributed by atoms with Crippen LogP contribution in [-0.2, 0) is 0 Å². The highest BCUT2D eigenvalue weighted by Crippen LogP contribution is 2.34. The predicted octanol–water partition coefficient (Wildman–Crippen LogP) is 2.98. The molecular weight excluding hydrogens is 223 g/mol.